The monoisotopic (exact) mass is 276 g/mol. The Morgan fingerprint density at radius 1 is 1.35 bits per heavy atom. The van der Waals surface area contributed by atoms with Crippen LogP contribution >= 0.6 is 0 Å². The van der Waals surface area contributed by atoms with Crippen LogP contribution in [0.1, 0.15) is 44.2 Å². The van der Waals surface area contributed by atoms with Crippen molar-refractivity contribution in [1.29, 1.82) is 0 Å². The molecule has 0 aromatic heterocycles. The van der Waals surface area contributed by atoms with E-state index < -0.39 is 0 Å². The molecule has 20 heavy (non-hydrogen) atoms. The molecule has 0 unspecified atom stereocenters. The van der Waals surface area contributed by atoms with Crippen LogP contribution in [0.5, 0.6) is 5.75 Å². The second kappa shape index (κ2) is 7.73. The van der Waals surface area contributed by atoms with Gasteiger partial charge in [-0.05, 0) is 48.6 Å². The quantitative estimate of drug-likeness (QED) is 0.582. The van der Waals surface area contributed by atoms with Crippen molar-refractivity contribution in [3.05, 3.63) is 41.0 Å². The molecule has 0 aliphatic heterocycles. The van der Waals surface area contributed by atoms with E-state index in [1.54, 1.807) is 6.08 Å². The first kappa shape index (κ1) is 16.3. The predicted octanol–water partition coefficient (Wildman–Crippen LogP) is 4.01. The Morgan fingerprint density at radius 2 is 2.05 bits per heavy atom. The molecule has 110 valence electrons. The fraction of sp³-hybridized carbons (Fsp3) is 0.471. The highest BCUT2D eigenvalue weighted by atomic mass is 16.5. The number of ether oxygens (including phenoxy) is 2. The molecule has 0 fully saturated rings. The number of benzene rings is 1. The maximum absolute atomic E-state index is 11.4. The van der Waals surface area contributed by atoms with Gasteiger partial charge in [-0.3, -0.25) is 0 Å². The van der Waals surface area contributed by atoms with Gasteiger partial charge in [0.25, 0.3) is 0 Å². The first-order chi connectivity index (χ1) is 9.49. The lowest BCUT2D eigenvalue weighted by Gasteiger charge is -2.12. The zero-order valence-corrected chi connectivity index (χ0v) is 13.0. The van der Waals surface area contributed by atoms with Gasteiger partial charge in [-0.1, -0.05) is 26.8 Å². The zero-order chi connectivity index (χ0) is 15.1. The third-order valence-corrected chi connectivity index (χ3v) is 3.27. The molecule has 0 saturated heterocycles. The first-order valence-corrected chi connectivity index (χ1v) is 7.00. The zero-order valence-electron chi connectivity index (χ0n) is 13.0. The number of hydrogen-bond donors (Lipinski definition) is 0. The Hall–Kier alpha value is -1.77. The molecule has 0 aliphatic rings. The predicted molar refractivity (Wildman–Crippen MR) is 81.2 cm³/mol. The Balaban J connectivity index is 2.69. The Bertz CT molecular complexity index is 487. The van der Waals surface area contributed by atoms with Gasteiger partial charge in [0.1, 0.15) is 12.4 Å². The van der Waals surface area contributed by atoms with E-state index in [2.05, 4.69) is 26.8 Å². The topological polar surface area (TPSA) is 35.5 Å². The van der Waals surface area contributed by atoms with Gasteiger partial charge in [-0.25, -0.2) is 4.79 Å². The van der Waals surface area contributed by atoms with Crippen molar-refractivity contribution in [3.8, 4) is 5.75 Å². The summed E-state index contributed by atoms with van der Waals surface area (Å²) in [5.41, 5.74) is 3.20. The summed E-state index contributed by atoms with van der Waals surface area (Å²) in [6.45, 7) is 8.73. The number of carbonyl (C=O) groups is 1. The molecular formula is C17H24O3. The second-order valence-corrected chi connectivity index (χ2v) is 5.06. The molecule has 0 radical (unpaired) electrons. The highest BCUT2D eigenvalue weighted by Gasteiger charge is 2.07. The van der Waals surface area contributed by atoms with Gasteiger partial charge < -0.3 is 9.47 Å². The Labute approximate surface area is 121 Å². The molecule has 0 N–H and O–H groups in total. The van der Waals surface area contributed by atoms with Crippen LogP contribution in [0.25, 0.3) is 0 Å². The second-order valence-electron chi connectivity index (χ2n) is 5.06. The lowest BCUT2D eigenvalue weighted by molar-refractivity contribution is -0.136. The number of aryl methyl sites for hydroxylation is 1. The van der Waals surface area contributed by atoms with E-state index >= 15 is 0 Å². The van der Waals surface area contributed by atoms with Crippen molar-refractivity contribution in [2.24, 2.45) is 0 Å². The van der Waals surface area contributed by atoms with Crippen molar-refractivity contribution in [2.75, 3.05) is 13.7 Å². The van der Waals surface area contributed by atoms with Crippen molar-refractivity contribution < 1.29 is 14.3 Å². The molecule has 3 nitrogen and oxygen atoms in total. The summed E-state index contributed by atoms with van der Waals surface area (Å²) in [5, 5.41) is 0. The SMILES string of the molecule is CCC(=CCOc1ccc(C(C)C)c(C)c1)C(=O)OC. The summed E-state index contributed by atoms with van der Waals surface area (Å²) in [7, 11) is 1.39. The van der Waals surface area contributed by atoms with Crippen molar-refractivity contribution in [3.63, 3.8) is 0 Å². The largest absolute Gasteiger partial charge is 0.490 e. The molecule has 0 atom stereocenters. The summed E-state index contributed by atoms with van der Waals surface area (Å²) in [6.07, 6.45) is 2.42. The van der Waals surface area contributed by atoms with Crippen LogP contribution in [0.2, 0.25) is 0 Å². The highest BCUT2D eigenvalue weighted by Crippen LogP contribution is 2.23. The maximum atomic E-state index is 11.4. The molecule has 3 heteroatoms. The number of carbonyl (C=O) groups excluding carboxylic acids is 1. The third-order valence-electron chi connectivity index (χ3n) is 3.27. The van der Waals surface area contributed by atoms with Gasteiger partial charge >= 0.3 is 5.97 Å². The van der Waals surface area contributed by atoms with E-state index in [1.165, 1.54) is 18.2 Å². The Kier molecular flexibility index (Phi) is 6.29. The van der Waals surface area contributed by atoms with Crippen LogP contribution in [0, 0.1) is 6.92 Å². The lowest BCUT2D eigenvalue weighted by Crippen LogP contribution is -2.06. The van der Waals surface area contributed by atoms with E-state index in [1.807, 2.05) is 19.1 Å². The number of rotatable bonds is 6. The number of methoxy groups -OCH3 is 1. The fourth-order valence-corrected chi connectivity index (χ4v) is 2.13. The maximum Gasteiger partial charge on any atom is 0.333 e. The van der Waals surface area contributed by atoms with E-state index in [0.717, 1.165) is 5.75 Å². The fourth-order valence-electron chi connectivity index (χ4n) is 2.13. The van der Waals surface area contributed by atoms with Gasteiger partial charge in [0.05, 0.1) is 7.11 Å². The lowest BCUT2D eigenvalue weighted by atomic mass is 9.98. The summed E-state index contributed by atoms with van der Waals surface area (Å²) in [6, 6.07) is 6.10. The summed E-state index contributed by atoms with van der Waals surface area (Å²) in [5.74, 6) is 1.04. The molecule has 0 aliphatic carbocycles. The van der Waals surface area contributed by atoms with Crippen LogP contribution in [-0.2, 0) is 9.53 Å². The van der Waals surface area contributed by atoms with Crippen molar-refractivity contribution in [1.82, 2.24) is 0 Å². The van der Waals surface area contributed by atoms with Gasteiger partial charge in [0.2, 0.25) is 0 Å². The van der Waals surface area contributed by atoms with Crippen LogP contribution in [-0.4, -0.2) is 19.7 Å². The molecule has 0 bridgehead atoms. The van der Waals surface area contributed by atoms with Gasteiger partial charge in [0.15, 0.2) is 0 Å². The summed E-state index contributed by atoms with van der Waals surface area (Å²) >= 11 is 0. The van der Waals surface area contributed by atoms with Gasteiger partial charge in [-0.2, -0.15) is 0 Å². The van der Waals surface area contributed by atoms with Crippen molar-refractivity contribution >= 4 is 5.97 Å². The molecule has 1 rings (SSSR count). The minimum absolute atomic E-state index is 0.289. The van der Waals surface area contributed by atoms with Gasteiger partial charge in [0, 0.05) is 5.57 Å². The van der Waals surface area contributed by atoms with Crippen LogP contribution < -0.4 is 4.74 Å². The van der Waals surface area contributed by atoms with E-state index in [9.17, 15) is 4.79 Å². The minimum Gasteiger partial charge on any atom is -0.490 e. The van der Waals surface area contributed by atoms with Crippen LogP contribution in [0.15, 0.2) is 29.8 Å². The van der Waals surface area contributed by atoms with Crippen LogP contribution in [0.3, 0.4) is 0 Å². The minimum atomic E-state index is -0.289. The van der Waals surface area contributed by atoms with Gasteiger partial charge in [-0.15, -0.1) is 0 Å². The first-order valence-electron chi connectivity index (χ1n) is 7.00. The van der Waals surface area contributed by atoms with E-state index in [0.29, 0.717) is 24.5 Å². The average molecular weight is 276 g/mol. The summed E-state index contributed by atoms with van der Waals surface area (Å²) in [4.78, 5) is 11.4. The molecular weight excluding hydrogens is 252 g/mol. The third kappa shape index (κ3) is 4.41. The molecule has 0 heterocycles. The normalized spacial score (nSPS) is 11.6. The molecule has 0 amide bonds. The molecule has 1 aromatic carbocycles. The standard InChI is InChI=1S/C17H24O3/c1-6-14(17(18)19-5)9-10-20-15-7-8-16(12(2)3)13(4)11-15/h7-9,11-12H,6,10H2,1-5H3. The van der Waals surface area contributed by atoms with Crippen molar-refractivity contribution in [2.45, 2.75) is 40.0 Å². The van der Waals surface area contributed by atoms with E-state index in [-0.39, 0.29) is 5.97 Å². The number of hydrogen-bond acceptors (Lipinski definition) is 3. The molecule has 1 aromatic rings. The average Bonchev–Trinajstić information content (AvgIpc) is 2.42. The summed E-state index contributed by atoms with van der Waals surface area (Å²) < 4.78 is 10.4. The number of esters is 1. The highest BCUT2D eigenvalue weighted by molar-refractivity contribution is 5.88. The molecule has 0 saturated carbocycles. The van der Waals surface area contributed by atoms with E-state index in [4.69, 9.17) is 9.47 Å². The molecule has 0 spiro atoms. The smallest absolute Gasteiger partial charge is 0.333 e. The Morgan fingerprint density at radius 3 is 2.55 bits per heavy atom. The van der Waals surface area contributed by atoms with Crippen LogP contribution in [0.4, 0.5) is 0 Å².